The fraction of sp³-hybridized carbons (Fsp3) is 0.667. The Hall–Kier alpha value is -0.580. The lowest BCUT2D eigenvalue weighted by molar-refractivity contribution is -0.145. The van der Waals surface area contributed by atoms with E-state index < -0.39 is 19.9 Å². The Balaban J connectivity index is -0.0000000321. The molecular formula is C3H15O10P. The minimum absolute atomic E-state index is 0. The molecule has 11 heteroatoms. The van der Waals surface area contributed by atoms with Gasteiger partial charge in [-0.05, 0) is 6.92 Å². The monoisotopic (exact) mass is 242 g/mol. The summed E-state index contributed by atoms with van der Waals surface area (Å²) < 4.78 is 8.88. The highest BCUT2D eigenvalue weighted by Gasteiger charge is 2.01. The van der Waals surface area contributed by atoms with Crippen LogP contribution < -0.4 is 0 Å². The third kappa shape index (κ3) is 106. The van der Waals surface area contributed by atoms with Gasteiger partial charge >= 0.3 is 13.8 Å². The van der Waals surface area contributed by atoms with Crippen LogP contribution in [0.2, 0.25) is 0 Å². The van der Waals surface area contributed by atoms with Gasteiger partial charge in [0.15, 0.2) is 0 Å². The molecule has 0 aliphatic carbocycles. The number of carbonyl (C=O) groups is 1. The lowest BCUT2D eigenvalue weighted by Crippen LogP contribution is -2.13. The van der Waals surface area contributed by atoms with Crippen molar-refractivity contribution in [1.82, 2.24) is 0 Å². The molecule has 10 nitrogen and oxygen atoms in total. The Labute approximate surface area is 78.6 Å². The van der Waals surface area contributed by atoms with E-state index in [0.717, 1.165) is 0 Å². The molecule has 0 aliphatic rings. The third-order valence-corrected chi connectivity index (χ3v) is 0.357. The molecule has 0 bridgehead atoms. The highest BCUT2D eigenvalue weighted by Crippen LogP contribution is 2.25. The van der Waals surface area contributed by atoms with Crippen molar-refractivity contribution in [2.45, 2.75) is 13.0 Å². The lowest BCUT2D eigenvalue weighted by atomic mass is 10.4. The van der Waals surface area contributed by atoms with Crippen molar-refractivity contribution in [3.8, 4) is 0 Å². The van der Waals surface area contributed by atoms with Crippen LogP contribution in [0.1, 0.15) is 6.92 Å². The molecule has 0 saturated carbocycles. The van der Waals surface area contributed by atoms with Gasteiger partial charge < -0.3 is 41.3 Å². The number of phosphoric acid groups is 1. The molecule has 0 heterocycles. The predicted molar refractivity (Wildman–Crippen MR) is 44.4 cm³/mol. The molecule has 0 aromatic carbocycles. The molecule has 0 radical (unpaired) electrons. The number of carboxylic acids is 1. The number of rotatable bonds is 1. The Kier molecular flexibility index (Phi) is 25.9. The molecule has 0 amide bonds. The average molecular weight is 242 g/mol. The Bertz CT molecular complexity index is 150. The van der Waals surface area contributed by atoms with E-state index in [4.69, 9.17) is 29.5 Å². The van der Waals surface area contributed by atoms with Gasteiger partial charge in [-0.2, -0.15) is 0 Å². The fourth-order valence-corrected chi connectivity index (χ4v) is 0. The molecule has 0 aliphatic heterocycles. The summed E-state index contributed by atoms with van der Waals surface area (Å²) >= 11 is 0. The van der Waals surface area contributed by atoms with Gasteiger partial charge in [0, 0.05) is 0 Å². The third-order valence-electron chi connectivity index (χ3n) is 0.357. The summed E-state index contributed by atoms with van der Waals surface area (Å²) in [5, 5.41) is 15.8. The van der Waals surface area contributed by atoms with Gasteiger partial charge in [0.1, 0.15) is 6.10 Å². The quantitative estimate of drug-likeness (QED) is 0.286. The molecule has 1 atom stereocenters. The lowest BCUT2D eigenvalue weighted by Gasteiger charge is -1.89. The molecule has 92 valence electrons. The smallest absolute Gasteiger partial charge is 0.466 e. The number of aliphatic carboxylic acids is 1. The molecule has 0 rings (SSSR count). The van der Waals surface area contributed by atoms with E-state index >= 15 is 0 Å². The molecule has 14 heavy (non-hydrogen) atoms. The zero-order valence-corrected chi connectivity index (χ0v) is 7.97. The normalized spacial score (nSPS) is 10.1. The van der Waals surface area contributed by atoms with E-state index in [1.54, 1.807) is 0 Å². The summed E-state index contributed by atoms with van der Waals surface area (Å²) in [4.78, 5) is 31.0. The van der Waals surface area contributed by atoms with E-state index in [1.807, 2.05) is 0 Å². The summed E-state index contributed by atoms with van der Waals surface area (Å²) in [5.74, 6) is -1.19. The van der Waals surface area contributed by atoms with E-state index in [2.05, 4.69) is 0 Å². The standard InChI is InChI=1S/C3H6O3.H3O4P.3H2O/c1-2(4)3(5)6;1-5(2,3)4;;;/h2,4H,1H3,(H,5,6);(H3,1,2,3,4);3*1H2. The number of hydrogen-bond acceptors (Lipinski definition) is 3. The number of aliphatic hydroxyl groups excluding tert-OH is 1. The molecule has 0 aromatic heterocycles. The Morgan fingerprint density at radius 1 is 1.14 bits per heavy atom. The minimum atomic E-state index is -4.64. The molecular weight excluding hydrogens is 227 g/mol. The van der Waals surface area contributed by atoms with Crippen molar-refractivity contribution in [3.63, 3.8) is 0 Å². The SMILES string of the molecule is CC(O)C(=O)O.O.O.O.O=P(O)(O)O. The van der Waals surface area contributed by atoms with Crippen LogP contribution in [0, 0.1) is 0 Å². The first kappa shape index (κ1) is 29.2. The van der Waals surface area contributed by atoms with Crippen molar-refractivity contribution >= 4 is 13.8 Å². The first-order valence-electron chi connectivity index (χ1n) is 2.33. The van der Waals surface area contributed by atoms with Gasteiger partial charge in [0.2, 0.25) is 0 Å². The molecule has 0 saturated heterocycles. The van der Waals surface area contributed by atoms with Gasteiger partial charge in [-0.25, -0.2) is 9.36 Å². The van der Waals surface area contributed by atoms with Gasteiger partial charge in [0.05, 0.1) is 0 Å². The van der Waals surface area contributed by atoms with E-state index in [1.165, 1.54) is 6.92 Å². The van der Waals surface area contributed by atoms with Crippen LogP contribution in [-0.2, 0) is 9.36 Å². The molecule has 0 fully saturated rings. The summed E-state index contributed by atoms with van der Waals surface area (Å²) in [6.07, 6.45) is -1.23. The molecule has 0 spiro atoms. The second kappa shape index (κ2) is 12.4. The summed E-state index contributed by atoms with van der Waals surface area (Å²) in [7, 11) is -4.64. The minimum Gasteiger partial charge on any atom is -0.479 e. The molecule has 1 unspecified atom stereocenters. The van der Waals surface area contributed by atoms with Crippen LogP contribution in [0.5, 0.6) is 0 Å². The van der Waals surface area contributed by atoms with Gasteiger partial charge in [-0.1, -0.05) is 0 Å². The van der Waals surface area contributed by atoms with E-state index in [-0.39, 0.29) is 16.4 Å². The molecule has 0 aromatic rings. The predicted octanol–water partition coefficient (Wildman–Crippen LogP) is -3.95. The zero-order chi connectivity index (χ0) is 9.65. The summed E-state index contributed by atoms with van der Waals surface area (Å²) in [5.41, 5.74) is 0. The largest absolute Gasteiger partial charge is 0.479 e. The van der Waals surface area contributed by atoms with Crippen LogP contribution in [0.3, 0.4) is 0 Å². The summed E-state index contributed by atoms with van der Waals surface area (Å²) in [6.45, 7) is 1.20. The Morgan fingerprint density at radius 3 is 1.21 bits per heavy atom. The highest BCUT2D eigenvalue weighted by molar-refractivity contribution is 7.45. The fourth-order valence-electron chi connectivity index (χ4n) is 0. The Morgan fingerprint density at radius 2 is 1.21 bits per heavy atom. The van der Waals surface area contributed by atoms with Crippen LogP contribution in [0.4, 0.5) is 0 Å². The van der Waals surface area contributed by atoms with Crippen molar-refractivity contribution in [3.05, 3.63) is 0 Å². The zero-order valence-electron chi connectivity index (χ0n) is 7.08. The molecule has 11 N–H and O–H groups in total. The second-order valence-corrected chi connectivity index (χ2v) is 2.55. The van der Waals surface area contributed by atoms with E-state index in [0.29, 0.717) is 0 Å². The van der Waals surface area contributed by atoms with Crippen LogP contribution >= 0.6 is 7.82 Å². The maximum atomic E-state index is 9.45. The first-order chi connectivity index (χ1) is 4.64. The van der Waals surface area contributed by atoms with Gasteiger partial charge in [-0.3, -0.25) is 0 Å². The topological polar surface area (TPSA) is 230 Å². The van der Waals surface area contributed by atoms with Crippen molar-refractivity contribution in [2.75, 3.05) is 0 Å². The van der Waals surface area contributed by atoms with E-state index in [9.17, 15) is 4.79 Å². The van der Waals surface area contributed by atoms with Crippen molar-refractivity contribution in [2.24, 2.45) is 0 Å². The maximum absolute atomic E-state index is 9.45. The van der Waals surface area contributed by atoms with Crippen LogP contribution in [0.25, 0.3) is 0 Å². The van der Waals surface area contributed by atoms with Crippen molar-refractivity contribution in [1.29, 1.82) is 0 Å². The first-order valence-corrected chi connectivity index (χ1v) is 3.90. The van der Waals surface area contributed by atoms with Gasteiger partial charge in [-0.15, -0.1) is 0 Å². The number of carboxylic acid groups (broad SMARTS) is 1. The maximum Gasteiger partial charge on any atom is 0.466 e. The number of aliphatic hydroxyl groups is 1. The van der Waals surface area contributed by atoms with Crippen molar-refractivity contribution < 1.29 is 50.7 Å². The van der Waals surface area contributed by atoms with Gasteiger partial charge in [0.25, 0.3) is 0 Å². The van der Waals surface area contributed by atoms with Crippen LogP contribution in [-0.4, -0.2) is 53.4 Å². The summed E-state index contributed by atoms with van der Waals surface area (Å²) in [6, 6.07) is 0. The van der Waals surface area contributed by atoms with Crippen LogP contribution in [0.15, 0.2) is 0 Å². The highest BCUT2D eigenvalue weighted by atomic mass is 31.2. The second-order valence-electron chi connectivity index (χ2n) is 1.53. The number of hydrogen-bond donors (Lipinski definition) is 5. The average Bonchev–Trinajstić information content (AvgIpc) is 1.59.